The number of amides is 1. The van der Waals surface area contributed by atoms with Crippen LogP contribution in [-0.2, 0) is 4.79 Å². The van der Waals surface area contributed by atoms with Gasteiger partial charge in [0.25, 0.3) is 0 Å². The van der Waals surface area contributed by atoms with Gasteiger partial charge in [0, 0.05) is 37.3 Å². The Morgan fingerprint density at radius 2 is 2.07 bits per heavy atom. The maximum atomic E-state index is 14.2. The zero-order valence-electron chi connectivity index (χ0n) is 16.5. The highest BCUT2D eigenvalue weighted by Crippen LogP contribution is 2.27. The fraction of sp³-hybridized carbons (Fsp3) is 0.316. The van der Waals surface area contributed by atoms with E-state index in [1.165, 1.54) is 11.1 Å². The number of hydrogen-bond acceptors (Lipinski definition) is 6. The number of benzene rings is 1. The van der Waals surface area contributed by atoms with E-state index in [9.17, 15) is 18.0 Å². The molecule has 0 aromatic heterocycles. The molecule has 0 aliphatic carbocycles. The Kier molecular flexibility index (Phi) is 5.99. The quantitative estimate of drug-likeness (QED) is 0.580. The maximum Gasteiger partial charge on any atom is 0.222 e. The summed E-state index contributed by atoms with van der Waals surface area (Å²) in [7, 11) is 0. The first kappa shape index (κ1) is 21.2. The molecule has 2 aliphatic rings. The summed E-state index contributed by atoms with van der Waals surface area (Å²) in [5, 5.41) is 8.27. The Bertz CT molecular complexity index is 948. The summed E-state index contributed by atoms with van der Waals surface area (Å²) in [4.78, 5) is 22.0. The van der Waals surface area contributed by atoms with Gasteiger partial charge in [0.05, 0.1) is 6.04 Å². The highest BCUT2D eigenvalue weighted by molar-refractivity contribution is 6.18. The Balaban J connectivity index is 2.01. The van der Waals surface area contributed by atoms with Gasteiger partial charge in [-0.3, -0.25) is 9.69 Å². The summed E-state index contributed by atoms with van der Waals surface area (Å²) < 4.78 is 41.6. The van der Waals surface area contributed by atoms with Crippen LogP contribution in [0.1, 0.15) is 20.3 Å². The highest BCUT2D eigenvalue weighted by Gasteiger charge is 2.38. The van der Waals surface area contributed by atoms with Gasteiger partial charge >= 0.3 is 0 Å². The molecule has 2 heterocycles. The number of carbonyl (C=O) groups excluding carboxylic acids is 1. The van der Waals surface area contributed by atoms with Crippen molar-refractivity contribution in [1.82, 2.24) is 15.5 Å². The summed E-state index contributed by atoms with van der Waals surface area (Å²) in [6, 6.07) is 0.709. The maximum absolute atomic E-state index is 14.2. The molecule has 3 rings (SSSR count). The third kappa shape index (κ3) is 4.39. The first-order valence-electron chi connectivity index (χ1n) is 9.22. The molecule has 8 nitrogen and oxygen atoms in total. The van der Waals surface area contributed by atoms with Crippen molar-refractivity contribution in [3.05, 3.63) is 53.9 Å². The number of anilines is 1. The molecule has 30 heavy (non-hydrogen) atoms. The molecule has 0 spiro atoms. The molecule has 1 saturated heterocycles. The van der Waals surface area contributed by atoms with Gasteiger partial charge in [0.2, 0.25) is 11.9 Å². The number of halogens is 3. The number of guanidine groups is 1. The van der Waals surface area contributed by atoms with Crippen molar-refractivity contribution in [2.75, 3.05) is 11.9 Å². The van der Waals surface area contributed by atoms with Crippen LogP contribution >= 0.6 is 0 Å². The molecular formula is C19H22F3N7O. The van der Waals surface area contributed by atoms with Crippen LogP contribution in [0.5, 0.6) is 0 Å². The fourth-order valence-electron chi connectivity index (χ4n) is 3.14. The van der Waals surface area contributed by atoms with Crippen molar-refractivity contribution in [3.8, 4) is 0 Å². The van der Waals surface area contributed by atoms with Crippen molar-refractivity contribution in [3.63, 3.8) is 0 Å². The van der Waals surface area contributed by atoms with Gasteiger partial charge < -0.3 is 21.7 Å². The molecule has 0 radical (unpaired) electrons. The zero-order chi connectivity index (χ0) is 22.0. The first-order valence-corrected chi connectivity index (χ1v) is 9.22. The van der Waals surface area contributed by atoms with Crippen molar-refractivity contribution in [1.29, 1.82) is 0 Å². The van der Waals surface area contributed by atoms with E-state index in [0.717, 1.165) is 0 Å². The van der Waals surface area contributed by atoms with Crippen LogP contribution in [0, 0.1) is 17.5 Å². The van der Waals surface area contributed by atoms with E-state index >= 15 is 0 Å². The second kappa shape index (κ2) is 8.47. The van der Waals surface area contributed by atoms with E-state index in [1.807, 2.05) is 13.8 Å². The lowest BCUT2D eigenvalue weighted by atomic mass is 10.2. The lowest BCUT2D eigenvalue weighted by molar-refractivity contribution is -0.119. The molecule has 0 bridgehead atoms. The lowest BCUT2D eigenvalue weighted by Crippen LogP contribution is -2.46. The average Bonchev–Trinajstić information content (AvgIpc) is 3.20. The fourth-order valence-corrected chi connectivity index (χ4v) is 3.14. The van der Waals surface area contributed by atoms with Crippen molar-refractivity contribution in [2.24, 2.45) is 15.7 Å². The topological polar surface area (TPSA) is 107 Å². The number of rotatable bonds is 5. The average molecular weight is 421 g/mol. The van der Waals surface area contributed by atoms with Crippen LogP contribution in [0.4, 0.5) is 18.9 Å². The third-order valence-corrected chi connectivity index (χ3v) is 4.33. The molecule has 1 aromatic carbocycles. The predicted molar refractivity (Wildman–Crippen MR) is 108 cm³/mol. The molecule has 1 amide bonds. The number of nitrogens with one attached hydrogen (secondary N) is 3. The Morgan fingerprint density at radius 3 is 2.60 bits per heavy atom. The number of nitrogens with two attached hydrogens (primary N) is 1. The van der Waals surface area contributed by atoms with Gasteiger partial charge in [-0.15, -0.1) is 0 Å². The van der Waals surface area contributed by atoms with Gasteiger partial charge in [-0.2, -0.15) is 0 Å². The normalized spacial score (nSPS) is 21.4. The van der Waals surface area contributed by atoms with Crippen molar-refractivity contribution >= 4 is 23.4 Å². The monoisotopic (exact) mass is 421 g/mol. The van der Waals surface area contributed by atoms with Gasteiger partial charge in [0.15, 0.2) is 17.5 Å². The van der Waals surface area contributed by atoms with E-state index in [2.05, 4.69) is 32.5 Å². The lowest BCUT2D eigenvalue weighted by Gasteiger charge is -2.27. The molecule has 2 aliphatic heterocycles. The minimum Gasteiger partial charge on any atom is -0.403 e. The highest BCUT2D eigenvalue weighted by atomic mass is 19.1. The van der Waals surface area contributed by atoms with Crippen LogP contribution < -0.4 is 21.7 Å². The van der Waals surface area contributed by atoms with Crippen LogP contribution in [0.15, 0.2) is 46.4 Å². The molecule has 1 atom stereocenters. The largest absolute Gasteiger partial charge is 0.403 e. The molecule has 1 aromatic rings. The number of carbonyl (C=O) groups is 1. The Morgan fingerprint density at radius 1 is 1.40 bits per heavy atom. The van der Waals surface area contributed by atoms with Crippen molar-refractivity contribution in [2.45, 2.75) is 32.4 Å². The third-order valence-electron chi connectivity index (χ3n) is 4.33. The number of hydrogen-bond donors (Lipinski definition) is 4. The van der Waals surface area contributed by atoms with Gasteiger partial charge in [-0.1, -0.05) is 6.58 Å². The zero-order valence-corrected chi connectivity index (χ0v) is 16.5. The van der Waals surface area contributed by atoms with Crippen LogP contribution in [-0.4, -0.2) is 41.2 Å². The van der Waals surface area contributed by atoms with Crippen LogP contribution in [0.2, 0.25) is 0 Å². The summed E-state index contributed by atoms with van der Waals surface area (Å²) in [5.41, 5.74) is 5.32. The first-order chi connectivity index (χ1) is 14.2. The van der Waals surface area contributed by atoms with E-state index in [0.29, 0.717) is 18.0 Å². The number of aliphatic imine (C=N–C) groups is 2. The van der Waals surface area contributed by atoms with E-state index in [4.69, 9.17) is 5.73 Å². The van der Waals surface area contributed by atoms with Crippen LogP contribution in [0.25, 0.3) is 0 Å². The van der Waals surface area contributed by atoms with E-state index < -0.39 is 29.2 Å². The number of amidine groups is 1. The Labute approximate surface area is 171 Å². The summed E-state index contributed by atoms with van der Waals surface area (Å²) in [6.45, 7) is 7.91. The van der Waals surface area contributed by atoms with E-state index in [-0.39, 0.29) is 42.4 Å². The van der Waals surface area contributed by atoms with Crippen LogP contribution in [0.3, 0.4) is 0 Å². The molecule has 11 heteroatoms. The summed E-state index contributed by atoms with van der Waals surface area (Å²) >= 11 is 0. The second-order valence-electron chi connectivity index (χ2n) is 7.07. The van der Waals surface area contributed by atoms with Crippen molar-refractivity contribution < 1.29 is 18.0 Å². The van der Waals surface area contributed by atoms with Gasteiger partial charge in [-0.25, -0.2) is 23.2 Å². The minimum atomic E-state index is -1.13. The Hall–Kier alpha value is -3.50. The molecule has 0 unspecified atom stereocenters. The number of nitrogens with zero attached hydrogens (tertiary/aromatic N) is 3. The minimum absolute atomic E-state index is 0.00583. The molecule has 0 saturated carbocycles. The smallest absolute Gasteiger partial charge is 0.222 e. The summed E-state index contributed by atoms with van der Waals surface area (Å²) in [6.07, 6.45) is 1.29. The van der Waals surface area contributed by atoms with Gasteiger partial charge in [0.1, 0.15) is 23.0 Å². The molecular weight excluding hydrogens is 399 g/mol. The van der Waals surface area contributed by atoms with E-state index in [1.54, 1.807) is 0 Å². The molecule has 5 N–H and O–H groups in total. The molecule has 160 valence electrons. The summed E-state index contributed by atoms with van der Waals surface area (Å²) in [5.74, 6) is -2.95. The second-order valence-corrected chi connectivity index (χ2v) is 7.07. The molecule has 1 fully saturated rings. The van der Waals surface area contributed by atoms with Gasteiger partial charge in [-0.05, 0) is 13.8 Å². The predicted octanol–water partition coefficient (Wildman–Crippen LogP) is 1.74. The standard InChI is InChI=1S/C19H22F3N7O/c1-9(2)25-10(3)26-18-15(7-23)27-19(29(18)12-6-16(30)24-8-12)28-17-13(21)4-11(20)5-14(17)22/h4-5,7,9,12,25H,3,6,8,23H2,1-2H3,(H,24,30)(H,27,28)/b15-7+,26-18+/t12-/m0/s1. The SMILES string of the molecule is C=C(/N=C1\C(=C/N)N=C(Nc2c(F)cc(F)cc2F)N1[C@@H]1CNC(=O)C1)NC(C)C.